The largest absolute Gasteiger partial charge is 0.390 e. The molecule has 1 aliphatic carbocycles. The van der Waals surface area contributed by atoms with Gasteiger partial charge in [0.1, 0.15) is 0 Å². The van der Waals surface area contributed by atoms with Gasteiger partial charge in [0.2, 0.25) is 0 Å². The van der Waals surface area contributed by atoms with E-state index in [1.807, 2.05) is 6.92 Å². The molecule has 1 aliphatic rings. The Morgan fingerprint density at radius 1 is 1.38 bits per heavy atom. The van der Waals surface area contributed by atoms with Crippen molar-refractivity contribution in [3.63, 3.8) is 0 Å². The lowest BCUT2D eigenvalue weighted by Gasteiger charge is -2.07. The molecule has 70 valence electrons. The van der Waals surface area contributed by atoms with Crippen molar-refractivity contribution in [2.45, 2.75) is 38.2 Å². The van der Waals surface area contributed by atoms with Crippen LogP contribution in [0.4, 0.5) is 0 Å². The molecule has 0 aliphatic heterocycles. The summed E-state index contributed by atoms with van der Waals surface area (Å²) in [5, 5.41) is 9.63. The summed E-state index contributed by atoms with van der Waals surface area (Å²) in [7, 11) is 0. The Balaban J connectivity index is 1.97. The number of aryl methyl sites for hydroxylation is 2. The summed E-state index contributed by atoms with van der Waals surface area (Å²) in [5.41, 5.74) is 1.62. The molecule has 2 rings (SSSR count). The van der Waals surface area contributed by atoms with Crippen LogP contribution in [0.25, 0.3) is 0 Å². The minimum Gasteiger partial charge on any atom is -0.390 e. The molecule has 0 bridgehead atoms. The van der Waals surface area contributed by atoms with E-state index >= 15 is 0 Å². The van der Waals surface area contributed by atoms with Gasteiger partial charge in [-0.25, -0.2) is 0 Å². The molecular weight excluding hydrogens is 164 g/mol. The molecule has 0 aromatic carbocycles. The van der Waals surface area contributed by atoms with E-state index in [1.54, 1.807) is 12.4 Å². The summed E-state index contributed by atoms with van der Waals surface area (Å²) in [6, 6.07) is 0. The number of nitrogens with zero attached hydrogens (tertiary/aromatic N) is 2. The minimum absolute atomic E-state index is 0.371. The van der Waals surface area contributed by atoms with Gasteiger partial charge in [-0.15, -0.1) is 0 Å². The van der Waals surface area contributed by atoms with Gasteiger partial charge in [0.05, 0.1) is 17.0 Å². The Morgan fingerprint density at radius 3 is 2.69 bits per heavy atom. The standard InChI is InChI=1S/C10H14N2O/c1-8-9(12-7-6-11-8)2-3-10(13)4-5-10/h6-7,13H,2-5H2,1H3. The van der Waals surface area contributed by atoms with E-state index in [-0.39, 0.29) is 5.60 Å². The van der Waals surface area contributed by atoms with Crippen LogP contribution in [0, 0.1) is 6.92 Å². The average molecular weight is 178 g/mol. The molecule has 0 spiro atoms. The predicted molar refractivity (Wildman–Crippen MR) is 49.3 cm³/mol. The second-order valence-corrected chi connectivity index (χ2v) is 3.81. The monoisotopic (exact) mass is 178 g/mol. The Hall–Kier alpha value is -0.960. The van der Waals surface area contributed by atoms with Gasteiger partial charge in [0.25, 0.3) is 0 Å². The molecule has 3 nitrogen and oxygen atoms in total. The van der Waals surface area contributed by atoms with Gasteiger partial charge in [-0.1, -0.05) is 0 Å². The molecule has 3 heteroatoms. The van der Waals surface area contributed by atoms with Gasteiger partial charge in [0, 0.05) is 12.4 Å². The van der Waals surface area contributed by atoms with Crippen LogP contribution in [0.5, 0.6) is 0 Å². The average Bonchev–Trinajstić information content (AvgIpc) is 2.83. The van der Waals surface area contributed by atoms with Crippen LogP contribution in [-0.4, -0.2) is 20.7 Å². The normalized spacial score (nSPS) is 18.6. The first-order valence-corrected chi connectivity index (χ1v) is 4.68. The summed E-state index contributed by atoms with van der Waals surface area (Å²) in [6.45, 7) is 1.96. The van der Waals surface area contributed by atoms with Crippen LogP contribution >= 0.6 is 0 Å². The van der Waals surface area contributed by atoms with Crippen molar-refractivity contribution in [1.29, 1.82) is 0 Å². The first kappa shape index (κ1) is 8.63. The van der Waals surface area contributed by atoms with E-state index in [9.17, 15) is 5.11 Å². The third-order valence-electron chi connectivity index (χ3n) is 2.64. The second-order valence-electron chi connectivity index (χ2n) is 3.81. The smallest absolute Gasteiger partial charge is 0.0653 e. The van der Waals surface area contributed by atoms with E-state index < -0.39 is 0 Å². The van der Waals surface area contributed by atoms with Gasteiger partial charge >= 0.3 is 0 Å². The van der Waals surface area contributed by atoms with E-state index in [2.05, 4.69) is 9.97 Å². The first-order valence-electron chi connectivity index (χ1n) is 4.68. The summed E-state index contributed by atoms with van der Waals surface area (Å²) in [4.78, 5) is 8.39. The number of hydrogen-bond acceptors (Lipinski definition) is 3. The maximum atomic E-state index is 9.63. The minimum atomic E-state index is -0.371. The van der Waals surface area contributed by atoms with Crippen molar-refractivity contribution in [2.24, 2.45) is 0 Å². The lowest BCUT2D eigenvalue weighted by atomic mass is 10.1. The van der Waals surface area contributed by atoms with Crippen LogP contribution in [0.15, 0.2) is 12.4 Å². The fourth-order valence-corrected chi connectivity index (χ4v) is 1.43. The predicted octanol–water partition coefficient (Wildman–Crippen LogP) is 1.24. The molecule has 0 saturated heterocycles. The van der Waals surface area contributed by atoms with Crippen molar-refractivity contribution in [1.82, 2.24) is 9.97 Å². The lowest BCUT2D eigenvalue weighted by molar-refractivity contribution is 0.140. The van der Waals surface area contributed by atoms with Crippen LogP contribution in [-0.2, 0) is 6.42 Å². The van der Waals surface area contributed by atoms with Crippen molar-refractivity contribution in [3.8, 4) is 0 Å². The quantitative estimate of drug-likeness (QED) is 0.757. The zero-order valence-corrected chi connectivity index (χ0v) is 7.82. The number of aromatic nitrogens is 2. The van der Waals surface area contributed by atoms with Gasteiger partial charge in [-0.05, 0) is 32.6 Å². The molecule has 1 aromatic rings. The first-order chi connectivity index (χ1) is 6.20. The molecule has 1 N–H and O–H groups in total. The van der Waals surface area contributed by atoms with Crippen LogP contribution in [0.1, 0.15) is 30.7 Å². The molecule has 13 heavy (non-hydrogen) atoms. The van der Waals surface area contributed by atoms with Crippen molar-refractivity contribution >= 4 is 0 Å². The molecule has 1 saturated carbocycles. The van der Waals surface area contributed by atoms with E-state index in [1.165, 1.54) is 0 Å². The maximum Gasteiger partial charge on any atom is 0.0653 e. The fraction of sp³-hybridized carbons (Fsp3) is 0.600. The molecule has 1 aromatic heterocycles. The Morgan fingerprint density at radius 2 is 2.08 bits per heavy atom. The van der Waals surface area contributed by atoms with Gasteiger partial charge in [-0.3, -0.25) is 9.97 Å². The summed E-state index contributed by atoms with van der Waals surface area (Å²) in [5.74, 6) is 0. The fourth-order valence-electron chi connectivity index (χ4n) is 1.43. The van der Waals surface area contributed by atoms with Crippen LogP contribution in [0.3, 0.4) is 0 Å². The van der Waals surface area contributed by atoms with Gasteiger partial charge in [-0.2, -0.15) is 0 Å². The highest BCUT2D eigenvalue weighted by molar-refractivity contribution is 5.10. The molecule has 0 radical (unpaired) electrons. The second kappa shape index (κ2) is 3.07. The highest BCUT2D eigenvalue weighted by Gasteiger charge is 2.39. The lowest BCUT2D eigenvalue weighted by Crippen LogP contribution is -2.09. The zero-order chi connectivity index (χ0) is 9.31. The Bertz CT molecular complexity index is 308. The highest BCUT2D eigenvalue weighted by atomic mass is 16.3. The summed E-state index contributed by atoms with van der Waals surface area (Å²) in [6.07, 6.45) is 6.98. The van der Waals surface area contributed by atoms with Gasteiger partial charge < -0.3 is 5.11 Å². The zero-order valence-electron chi connectivity index (χ0n) is 7.82. The van der Waals surface area contributed by atoms with E-state index in [0.717, 1.165) is 37.1 Å². The molecule has 1 fully saturated rings. The Labute approximate surface area is 77.8 Å². The molecule has 0 atom stereocenters. The topological polar surface area (TPSA) is 46.0 Å². The van der Waals surface area contributed by atoms with Crippen molar-refractivity contribution < 1.29 is 5.11 Å². The van der Waals surface area contributed by atoms with E-state index in [0.29, 0.717) is 0 Å². The van der Waals surface area contributed by atoms with E-state index in [4.69, 9.17) is 0 Å². The van der Waals surface area contributed by atoms with Crippen molar-refractivity contribution in [3.05, 3.63) is 23.8 Å². The number of aliphatic hydroxyl groups is 1. The summed E-state index contributed by atoms with van der Waals surface area (Å²) >= 11 is 0. The van der Waals surface area contributed by atoms with Gasteiger partial charge in [0.15, 0.2) is 0 Å². The number of rotatable bonds is 3. The molecule has 0 amide bonds. The Kier molecular flexibility index (Phi) is 2.04. The van der Waals surface area contributed by atoms with Crippen molar-refractivity contribution in [2.75, 3.05) is 0 Å². The third kappa shape index (κ3) is 2.04. The molecule has 0 unspecified atom stereocenters. The third-order valence-corrected chi connectivity index (χ3v) is 2.64. The molecule has 1 heterocycles. The van der Waals surface area contributed by atoms with Crippen LogP contribution < -0.4 is 0 Å². The maximum absolute atomic E-state index is 9.63. The summed E-state index contributed by atoms with van der Waals surface area (Å²) < 4.78 is 0. The highest BCUT2D eigenvalue weighted by Crippen LogP contribution is 2.39. The SMILES string of the molecule is Cc1nccnc1CCC1(O)CC1. The number of hydrogen-bond donors (Lipinski definition) is 1. The van der Waals surface area contributed by atoms with Crippen LogP contribution in [0.2, 0.25) is 0 Å². The molecular formula is C10H14N2O.